The number of rotatable bonds is 6. The molecule has 24 heavy (non-hydrogen) atoms. The number of amides is 1. The molecule has 1 aromatic carbocycles. The Morgan fingerprint density at radius 1 is 1.25 bits per heavy atom. The largest absolute Gasteiger partial charge is 0.490 e. The second-order valence-corrected chi connectivity index (χ2v) is 6.82. The van der Waals surface area contributed by atoms with Gasteiger partial charge in [0, 0.05) is 11.1 Å². The molecule has 1 saturated carbocycles. The quantitative estimate of drug-likeness (QED) is 0.794. The van der Waals surface area contributed by atoms with Crippen molar-refractivity contribution in [3.05, 3.63) is 23.8 Å². The van der Waals surface area contributed by atoms with Gasteiger partial charge in [-0.3, -0.25) is 4.79 Å². The summed E-state index contributed by atoms with van der Waals surface area (Å²) in [5, 5.41) is 2.94. The Morgan fingerprint density at radius 3 is 2.50 bits per heavy atom. The van der Waals surface area contributed by atoms with Crippen LogP contribution in [-0.4, -0.2) is 24.6 Å². The minimum atomic E-state index is -0.448. The number of nitrogens with one attached hydrogen (secondary N) is 1. The summed E-state index contributed by atoms with van der Waals surface area (Å²) in [6.45, 7) is 7.83. The average Bonchev–Trinajstić information content (AvgIpc) is 2.96. The molecular weight excluding hydrogens is 306 g/mol. The van der Waals surface area contributed by atoms with Gasteiger partial charge in [0.2, 0.25) is 5.91 Å². The van der Waals surface area contributed by atoms with E-state index in [1.807, 2.05) is 20.8 Å². The highest BCUT2D eigenvalue weighted by atomic mass is 16.5. The van der Waals surface area contributed by atoms with Gasteiger partial charge in [-0.15, -0.1) is 0 Å². The molecule has 0 unspecified atom stereocenters. The third-order valence-corrected chi connectivity index (χ3v) is 4.35. The van der Waals surface area contributed by atoms with E-state index in [4.69, 9.17) is 9.47 Å². The molecule has 1 amide bonds. The van der Waals surface area contributed by atoms with Crippen LogP contribution in [0.4, 0.5) is 5.69 Å². The maximum atomic E-state index is 12.5. The lowest BCUT2D eigenvalue weighted by Gasteiger charge is -2.22. The Hall–Kier alpha value is -2.04. The maximum absolute atomic E-state index is 12.5. The predicted octanol–water partition coefficient (Wildman–Crippen LogP) is 4.17. The van der Waals surface area contributed by atoms with Crippen molar-refractivity contribution >= 4 is 17.6 Å². The second-order valence-electron chi connectivity index (χ2n) is 6.82. The standard InChI is InChI=1S/C19H27NO4/c1-5-23-17(21)15-12-14(8-9-16(15)24-13(2)3)20-18(22)19(4)10-6-7-11-19/h8-9,12-13H,5-7,10-11H2,1-4H3,(H,20,22). The van der Waals surface area contributed by atoms with Gasteiger partial charge in [0.15, 0.2) is 0 Å². The molecule has 0 heterocycles. The molecule has 1 N–H and O–H groups in total. The molecule has 0 aromatic heterocycles. The van der Waals surface area contributed by atoms with E-state index in [1.54, 1.807) is 25.1 Å². The number of hydrogen-bond donors (Lipinski definition) is 1. The van der Waals surface area contributed by atoms with E-state index in [2.05, 4.69) is 5.32 Å². The fourth-order valence-electron chi connectivity index (χ4n) is 3.00. The third-order valence-electron chi connectivity index (χ3n) is 4.35. The lowest BCUT2D eigenvalue weighted by atomic mass is 9.88. The zero-order valence-electron chi connectivity index (χ0n) is 15.0. The van der Waals surface area contributed by atoms with Crippen LogP contribution in [0.5, 0.6) is 5.75 Å². The third kappa shape index (κ3) is 4.28. The summed E-state index contributed by atoms with van der Waals surface area (Å²) in [6, 6.07) is 5.10. The summed E-state index contributed by atoms with van der Waals surface area (Å²) >= 11 is 0. The van der Waals surface area contributed by atoms with Crippen LogP contribution in [0.3, 0.4) is 0 Å². The fraction of sp³-hybridized carbons (Fsp3) is 0.579. The maximum Gasteiger partial charge on any atom is 0.341 e. The summed E-state index contributed by atoms with van der Waals surface area (Å²) in [7, 11) is 0. The molecule has 0 saturated heterocycles. The molecule has 1 aromatic rings. The summed E-state index contributed by atoms with van der Waals surface area (Å²) in [6.07, 6.45) is 3.91. The first-order chi connectivity index (χ1) is 11.4. The highest BCUT2D eigenvalue weighted by Crippen LogP contribution is 2.38. The van der Waals surface area contributed by atoms with Crippen molar-refractivity contribution in [2.24, 2.45) is 5.41 Å². The molecule has 0 spiro atoms. The van der Waals surface area contributed by atoms with E-state index in [0.29, 0.717) is 17.0 Å². The van der Waals surface area contributed by atoms with E-state index in [0.717, 1.165) is 25.7 Å². The molecule has 1 aliphatic rings. The Kier molecular flexibility index (Phi) is 5.86. The van der Waals surface area contributed by atoms with Crippen LogP contribution in [0.15, 0.2) is 18.2 Å². The van der Waals surface area contributed by atoms with Gasteiger partial charge in [0.05, 0.1) is 12.7 Å². The number of carbonyl (C=O) groups is 2. The van der Waals surface area contributed by atoms with Crippen LogP contribution in [0.2, 0.25) is 0 Å². The lowest BCUT2D eigenvalue weighted by molar-refractivity contribution is -0.124. The Bertz CT molecular complexity index is 603. The van der Waals surface area contributed by atoms with Crippen molar-refractivity contribution < 1.29 is 19.1 Å². The molecule has 0 aliphatic heterocycles. The summed E-state index contributed by atoms with van der Waals surface area (Å²) in [5.74, 6) is 0.0252. The monoisotopic (exact) mass is 333 g/mol. The number of benzene rings is 1. The van der Waals surface area contributed by atoms with E-state index < -0.39 is 5.97 Å². The molecule has 2 rings (SSSR count). The number of esters is 1. The van der Waals surface area contributed by atoms with E-state index in [9.17, 15) is 9.59 Å². The van der Waals surface area contributed by atoms with Crippen molar-refractivity contribution in [2.45, 2.75) is 59.5 Å². The molecule has 0 atom stereocenters. The van der Waals surface area contributed by atoms with Gasteiger partial charge >= 0.3 is 5.97 Å². The topological polar surface area (TPSA) is 64.6 Å². The van der Waals surface area contributed by atoms with Crippen LogP contribution < -0.4 is 10.1 Å². The normalized spacial score (nSPS) is 16.0. The van der Waals surface area contributed by atoms with E-state index in [-0.39, 0.29) is 24.0 Å². The molecule has 132 valence electrons. The van der Waals surface area contributed by atoms with Crippen molar-refractivity contribution in [1.82, 2.24) is 0 Å². The first kappa shape index (κ1) is 18.3. The Balaban J connectivity index is 2.23. The van der Waals surface area contributed by atoms with Gasteiger partial charge in [0.1, 0.15) is 11.3 Å². The van der Waals surface area contributed by atoms with Crippen LogP contribution in [-0.2, 0) is 9.53 Å². The Morgan fingerprint density at radius 2 is 1.92 bits per heavy atom. The predicted molar refractivity (Wildman–Crippen MR) is 93.4 cm³/mol. The first-order valence-corrected chi connectivity index (χ1v) is 8.65. The SMILES string of the molecule is CCOC(=O)c1cc(NC(=O)C2(C)CCCC2)ccc1OC(C)C. The van der Waals surface area contributed by atoms with Gasteiger partial charge in [-0.05, 0) is 51.8 Å². The molecule has 0 radical (unpaired) electrons. The van der Waals surface area contributed by atoms with Crippen LogP contribution in [0.25, 0.3) is 0 Å². The average molecular weight is 333 g/mol. The molecule has 5 heteroatoms. The number of hydrogen-bond acceptors (Lipinski definition) is 4. The summed E-state index contributed by atoms with van der Waals surface area (Å²) in [4.78, 5) is 24.7. The van der Waals surface area contributed by atoms with Crippen molar-refractivity contribution in [2.75, 3.05) is 11.9 Å². The minimum absolute atomic E-state index is 0.00679. The minimum Gasteiger partial charge on any atom is -0.490 e. The van der Waals surface area contributed by atoms with Crippen molar-refractivity contribution in [3.63, 3.8) is 0 Å². The van der Waals surface area contributed by atoms with Crippen molar-refractivity contribution in [1.29, 1.82) is 0 Å². The van der Waals surface area contributed by atoms with E-state index >= 15 is 0 Å². The van der Waals surface area contributed by atoms with Gasteiger partial charge < -0.3 is 14.8 Å². The van der Waals surface area contributed by atoms with Crippen LogP contribution in [0, 0.1) is 5.41 Å². The number of carbonyl (C=O) groups excluding carboxylic acids is 2. The van der Waals surface area contributed by atoms with Gasteiger partial charge in [-0.25, -0.2) is 4.79 Å². The van der Waals surface area contributed by atoms with Crippen LogP contribution >= 0.6 is 0 Å². The Labute approximate surface area is 143 Å². The molecule has 0 bridgehead atoms. The fourth-order valence-corrected chi connectivity index (χ4v) is 3.00. The van der Waals surface area contributed by atoms with Gasteiger partial charge in [0.25, 0.3) is 0 Å². The highest BCUT2D eigenvalue weighted by Gasteiger charge is 2.36. The van der Waals surface area contributed by atoms with Crippen molar-refractivity contribution in [3.8, 4) is 5.75 Å². The molecule has 1 aliphatic carbocycles. The summed E-state index contributed by atoms with van der Waals surface area (Å²) in [5.41, 5.74) is 0.601. The highest BCUT2D eigenvalue weighted by molar-refractivity contribution is 5.98. The summed E-state index contributed by atoms with van der Waals surface area (Å²) < 4.78 is 10.8. The number of anilines is 1. The van der Waals surface area contributed by atoms with Gasteiger partial charge in [-0.1, -0.05) is 19.8 Å². The molecular formula is C19H27NO4. The smallest absolute Gasteiger partial charge is 0.341 e. The van der Waals surface area contributed by atoms with Gasteiger partial charge in [-0.2, -0.15) is 0 Å². The second kappa shape index (κ2) is 7.69. The lowest BCUT2D eigenvalue weighted by Crippen LogP contribution is -2.30. The van der Waals surface area contributed by atoms with E-state index in [1.165, 1.54) is 0 Å². The number of ether oxygens (including phenoxy) is 2. The van der Waals surface area contributed by atoms with Crippen LogP contribution in [0.1, 0.15) is 63.7 Å². The zero-order valence-corrected chi connectivity index (χ0v) is 15.0. The first-order valence-electron chi connectivity index (χ1n) is 8.65. The zero-order chi connectivity index (χ0) is 17.7. The molecule has 1 fully saturated rings. The molecule has 5 nitrogen and oxygen atoms in total.